The minimum Gasteiger partial charge on any atom is -0.503 e. The van der Waals surface area contributed by atoms with E-state index in [-0.39, 0.29) is 38.3 Å². The SMILES string of the molecule is COc1ccc(C2C(C(=O)c3ccc(Cl)cc3)=C(O)C(=O)N2c2ncc(S(=O)(=O)C3C=CC([N+](=O)[O-])=CC3)s2)cc1OC. The summed E-state index contributed by atoms with van der Waals surface area (Å²) in [4.78, 5) is 42.9. The number of carbonyl (C=O) groups excluding carboxylic acids is 2. The Labute approximate surface area is 254 Å². The Morgan fingerprint density at radius 1 is 1.16 bits per heavy atom. The number of ketones is 1. The number of carbonyl (C=O) groups is 2. The molecule has 5 rings (SSSR count). The van der Waals surface area contributed by atoms with Gasteiger partial charge >= 0.3 is 0 Å². The number of hydrogen-bond acceptors (Lipinski definition) is 11. The molecule has 1 N–H and O–H groups in total. The molecule has 1 amide bonds. The molecular formula is C28H22ClN3O9S2. The quantitative estimate of drug-likeness (QED) is 0.193. The normalized spacial score (nSPS) is 18.5. The molecule has 0 fully saturated rings. The molecule has 2 unspecified atom stereocenters. The fraction of sp³-hybridized carbons (Fsp3) is 0.179. The number of anilines is 1. The standard InChI is InChI=1S/C28H22ClN3O9S2/c1-40-20-12-5-16(13-21(20)41-2)24-23(25(33)15-3-6-17(29)7-4-15)26(34)27(35)31(24)28-30-14-22(42-28)43(38,39)19-10-8-18(9-11-19)32(36)37/h3-10,12-14,19,24,34H,11H2,1-2H3. The van der Waals surface area contributed by atoms with Crippen molar-refractivity contribution in [3.63, 3.8) is 0 Å². The number of rotatable bonds is 9. The molecule has 1 aromatic heterocycles. The van der Waals surface area contributed by atoms with Crippen LogP contribution < -0.4 is 14.4 Å². The lowest BCUT2D eigenvalue weighted by atomic mass is 9.92. The first-order valence-corrected chi connectivity index (χ1v) is 15.2. The molecule has 2 aromatic carbocycles. The number of aliphatic hydroxyl groups is 1. The largest absolute Gasteiger partial charge is 0.503 e. The molecule has 12 nitrogen and oxygen atoms in total. The molecule has 222 valence electrons. The van der Waals surface area contributed by atoms with E-state index in [1.165, 1.54) is 56.7 Å². The van der Waals surface area contributed by atoms with Crippen LogP contribution in [0.5, 0.6) is 11.5 Å². The van der Waals surface area contributed by atoms with Gasteiger partial charge in [0.25, 0.3) is 11.6 Å². The maximum Gasteiger partial charge on any atom is 0.296 e. The molecule has 0 radical (unpaired) electrons. The van der Waals surface area contributed by atoms with Gasteiger partial charge in [0.2, 0.25) is 0 Å². The Hall–Kier alpha value is -4.53. The van der Waals surface area contributed by atoms with Crippen LogP contribution in [0, 0.1) is 10.1 Å². The summed E-state index contributed by atoms with van der Waals surface area (Å²) in [6, 6.07) is 9.35. The van der Waals surface area contributed by atoms with Gasteiger partial charge in [-0.25, -0.2) is 13.4 Å². The van der Waals surface area contributed by atoms with Crippen molar-refractivity contribution in [2.45, 2.75) is 21.9 Å². The lowest BCUT2D eigenvalue weighted by Crippen LogP contribution is -2.31. The van der Waals surface area contributed by atoms with Crippen molar-refractivity contribution in [3.8, 4) is 11.5 Å². The van der Waals surface area contributed by atoms with Crippen molar-refractivity contribution < 1.29 is 37.5 Å². The lowest BCUT2D eigenvalue weighted by Gasteiger charge is -2.25. The molecule has 0 spiro atoms. The molecule has 2 heterocycles. The van der Waals surface area contributed by atoms with Crippen molar-refractivity contribution in [2.24, 2.45) is 0 Å². The summed E-state index contributed by atoms with van der Waals surface area (Å²) in [5, 5.41) is 21.3. The van der Waals surface area contributed by atoms with E-state index in [2.05, 4.69) is 4.98 Å². The maximum atomic E-state index is 13.7. The smallest absolute Gasteiger partial charge is 0.296 e. The van der Waals surface area contributed by atoms with Gasteiger partial charge in [-0.15, -0.1) is 0 Å². The van der Waals surface area contributed by atoms with Crippen LogP contribution in [0.15, 0.2) is 88.1 Å². The number of Topliss-reactive ketones (excluding diaryl/α,β-unsaturated/α-hetero) is 1. The van der Waals surface area contributed by atoms with Crippen LogP contribution in [0.25, 0.3) is 0 Å². The van der Waals surface area contributed by atoms with Gasteiger partial charge in [-0.1, -0.05) is 35.1 Å². The van der Waals surface area contributed by atoms with Crippen LogP contribution in [0.4, 0.5) is 5.13 Å². The van der Waals surface area contributed by atoms with E-state index >= 15 is 0 Å². The van der Waals surface area contributed by atoms with E-state index in [0.29, 0.717) is 27.7 Å². The van der Waals surface area contributed by atoms with Gasteiger partial charge in [0.15, 0.2) is 38.0 Å². The summed E-state index contributed by atoms with van der Waals surface area (Å²) in [5.74, 6) is -1.79. The molecule has 43 heavy (non-hydrogen) atoms. The van der Waals surface area contributed by atoms with E-state index in [1.54, 1.807) is 12.1 Å². The third kappa shape index (κ3) is 5.40. The number of amides is 1. The fourth-order valence-corrected chi connectivity index (χ4v) is 7.72. The molecule has 0 saturated heterocycles. The second-order valence-electron chi connectivity index (χ2n) is 9.32. The second-order valence-corrected chi connectivity index (χ2v) is 13.2. The van der Waals surface area contributed by atoms with Gasteiger partial charge in [0.05, 0.1) is 42.2 Å². The number of benzene rings is 2. The molecule has 2 atom stereocenters. The Bertz CT molecular complexity index is 1850. The number of ether oxygens (including phenoxy) is 2. The number of halogens is 1. The maximum absolute atomic E-state index is 13.7. The Morgan fingerprint density at radius 2 is 1.86 bits per heavy atom. The van der Waals surface area contributed by atoms with E-state index in [9.17, 15) is 33.2 Å². The van der Waals surface area contributed by atoms with Crippen molar-refractivity contribution in [2.75, 3.05) is 19.1 Å². The molecule has 15 heteroatoms. The average Bonchev–Trinajstić information content (AvgIpc) is 3.60. The van der Waals surface area contributed by atoms with E-state index < -0.39 is 43.5 Å². The minimum absolute atomic E-state index is 0.102. The number of aliphatic hydroxyl groups excluding tert-OH is 1. The zero-order valence-electron chi connectivity index (χ0n) is 22.5. The average molecular weight is 644 g/mol. The monoisotopic (exact) mass is 643 g/mol. The first-order chi connectivity index (χ1) is 20.5. The van der Waals surface area contributed by atoms with Crippen LogP contribution in [0.2, 0.25) is 5.02 Å². The first kappa shape index (κ1) is 29.9. The molecule has 0 saturated carbocycles. The van der Waals surface area contributed by atoms with Gasteiger partial charge in [-0.05, 0) is 54.5 Å². The van der Waals surface area contributed by atoms with E-state index in [4.69, 9.17) is 21.1 Å². The summed E-state index contributed by atoms with van der Waals surface area (Å²) in [6.07, 6.45) is 4.53. The van der Waals surface area contributed by atoms with Crippen molar-refractivity contribution >= 4 is 49.6 Å². The van der Waals surface area contributed by atoms with Crippen molar-refractivity contribution in [3.05, 3.63) is 110 Å². The number of thiazole rings is 1. The number of sulfone groups is 1. The Morgan fingerprint density at radius 3 is 2.47 bits per heavy atom. The number of aromatic nitrogens is 1. The fourth-order valence-electron chi connectivity index (χ4n) is 4.73. The van der Waals surface area contributed by atoms with Gasteiger partial charge in [0, 0.05) is 16.7 Å². The van der Waals surface area contributed by atoms with Crippen LogP contribution >= 0.6 is 22.9 Å². The zero-order valence-corrected chi connectivity index (χ0v) is 24.9. The molecule has 1 aliphatic heterocycles. The highest BCUT2D eigenvalue weighted by atomic mass is 35.5. The van der Waals surface area contributed by atoms with Gasteiger partial charge in [-0.3, -0.25) is 24.6 Å². The first-order valence-electron chi connectivity index (χ1n) is 12.5. The van der Waals surface area contributed by atoms with Crippen LogP contribution in [-0.4, -0.2) is 54.6 Å². The molecule has 1 aliphatic carbocycles. The summed E-state index contributed by atoms with van der Waals surface area (Å²) in [6.45, 7) is 0. The number of nitro groups is 1. The predicted octanol–water partition coefficient (Wildman–Crippen LogP) is 4.86. The number of hydrogen-bond donors (Lipinski definition) is 1. The highest BCUT2D eigenvalue weighted by molar-refractivity contribution is 7.94. The van der Waals surface area contributed by atoms with E-state index in [0.717, 1.165) is 17.2 Å². The van der Waals surface area contributed by atoms with Gasteiger partial charge in [0.1, 0.15) is 4.21 Å². The highest BCUT2D eigenvalue weighted by Gasteiger charge is 2.46. The number of nitrogens with zero attached hydrogens (tertiary/aromatic N) is 3. The van der Waals surface area contributed by atoms with Gasteiger partial charge < -0.3 is 14.6 Å². The van der Waals surface area contributed by atoms with Crippen LogP contribution in [0.1, 0.15) is 28.4 Å². The second kappa shape index (κ2) is 11.6. The molecule has 2 aliphatic rings. The summed E-state index contributed by atoms with van der Waals surface area (Å²) < 4.78 is 37.3. The predicted molar refractivity (Wildman–Crippen MR) is 157 cm³/mol. The third-order valence-electron chi connectivity index (χ3n) is 6.89. The zero-order chi connectivity index (χ0) is 31.1. The summed E-state index contributed by atoms with van der Waals surface area (Å²) in [5.41, 5.74) is 0.0301. The summed E-state index contributed by atoms with van der Waals surface area (Å²) in [7, 11) is -1.21. The van der Waals surface area contributed by atoms with Crippen molar-refractivity contribution in [1.29, 1.82) is 0 Å². The topological polar surface area (TPSA) is 166 Å². The Balaban J connectivity index is 1.58. The van der Waals surface area contributed by atoms with Crippen LogP contribution in [-0.2, 0) is 14.6 Å². The highest BCUT2D eigenvalue weighted by Crippen LogP contribution is 2.45. The molecular weight excluding hydrogens is 622 g/mol. The Kier molecular flexibility index (Phi) is 8.10. The van der Waals surface area contributed by atoms with Crippen molar-refractivity contribution in [1.82, 2.24) is 4.98 Å². The lowest BCUT2D eigenvalue weighted by molar-refractivity contribution is -0.419. The van der Waals surface area contributed by atoms with E-state index in [1.807, 2.05) is 0 Å². The number of methoxy groups -OCH3 is 2. The number of allylic oxidation sites excluding steroid dienone is 2. The molecule has 3 aromatic rings. The van der Waals surface area contributed by atoms with Crippen LogP contribution in [0.3, 0.4) is 0 Å². The molecule has 0 bridgehead atoms. The minimum atomic E-state index is -4.06. The third-order valence-corrected chi connectivity index (χ3v) is 10.7. The summed E-state index contributed by atoms with van der Waals surface area (Å²) >= 11 is 6.65. The van der Waals surface area contributed by atoms with Gasteiger partial charge in [-0.2, -0.15) is 0 Å².